The summed E-state index contributed by atoms with van der Waals surface area (Å²) in [5.41, 5.74) is -0.129. The highest BCUT2D eigenvalue weighted by molar-refractivity contribution is 5.87. The van der Waals surface area contributed by atoms with Gasteiger partial charge in [0.1, 0.15) is 17.5 Å². The largest absolute Gasteiger partial charge is 0.418 e. The summed E-state index contributed by atoms with van der Waals surface area (Å²) in [5, 5.41) is -0.318. The molecule has 0 bridgehead atoms. The number of aromatic nitrogens is 2. The summed E-state index contributed by atoms with van der Waals surface area (Å²) in [6.07, 6.45) is -4.60. The lowest BCUT2D eigenvalue weighted by molar-refractivity contribution is -0.136. The summed E-state index contributed by atoms with van der Waals surface area (Å²) in [7, 11) is 0. The van der Waals surface area contributed by atoms with Crippen LogP contribution in [0.5, 0.6) is 0 Å². The van der Waals surface area contributed by atoms with E-state index in [0.29, 0.717) is 12.5 Å². The highest BCUT2D eigenvalue weighted by Crippen LogP contribution is 2.33. The van der Waals surface area contributed by atoms with Crippen LogP contribution in [0.15, 0.2) is 41.2 Å². The highest BCUT2D eigenvalue weighted by Gasteiger charge is 2.34. The number of hydrogen-bond donors (Lipinski definition) is 1. The third-order valence-electron chi connectivity index (χ3n) is 4.27. The molecule has 1 heterocycles. The molecule has 5 nitrogen and oxygen atoms in total. The quantitative estimate of drug-likeness (QED) is 0.630. The predicted octanol–water partition coefficient (Wildman–Crippen LogP) is 3.96. The summed E-state index contributed by atoms with van der Waals surface area (Å²) < 4.78 is 67.3. The molecule has 0 aliphatic rings. The van der Waals surface area contributed by atoms with Crippen LogP contribution in [0.2, 0.25) is 0 Å². The summed E-state index contributed by atoms with van der Waals surface area (Å²) in [4.78, 5) is 29.2. The van der Waals surface area contributed by atoms with Crippen LogP contribution in [-0.4, -0.2) is 15.6 Å². The van der Waals surface area contributed by atoms with Crippen molar-refractivity contribution in [3.63, 3.8) is 0 Å². The van der Waals surface area contributed by atoms with Crippen LogP contribution in [0, 0.1) is 11.6 Å². The Kier molecular flexibility index (Phi) is 5.86. The SMILES string of the molecule is CCCc1nc2c(C(F)(F)F)cccc2c(=O)n1NC(=O)Cc1cc(F)cc(F)c1. The number of amides is 1. The minimum atomic E-state index is -4.71. The third-order valence-corrected chi connectivity index (χ3v) is 4.27. The summed E-state index contributed by atoms with van der Waals surface area (Å²) >= 11 is 0. The van der Waals surface area contributed by atoms with Gasteiger partial charge in [0.05, 0.1) is 22.9 Å². The minimum absolute atomic E-state index is 0.0307. The van der Waals surface area contributed by atoms with E-state index in [4.69, 9.17) is 0 Å². The topological polar surface area (TPSA) is 64.0 Å². The molecule has 0 unspecified atom stereocenters. The fourth-order valence-corrected chi connectivity index (χ4v) is 3.05. The maximum Gasteiger partial charge on any atom is 0.418 e. The Morgan fingerprint density at radius 2 is 1.80 bits per heavy atom. The number of rotatable bonds is 5. The molecule has 158 valence electrons. The lowest BCUT2D eigenvalue weighted by Gasteiger charge is -2.16. The highest BCUT2D eigenvalue weighted by atomic mass is 19.4. The number of benzene rings is 2. The Hall–Kier alpha value is -3.30. The lowest BCUT2D eigenvalue weighted by atomic mass is 10.1. The number of hydrogen-bond acceptors (Lipinski definition) is 3. The first-order valence-electron chi connectivity index (χ1n) is 8.97. The first-order valence-corrected chi connectivity index (χ1v) is 8.97. The van der Waals surface area contributed by atoms with E-state index in [9.17, 15) is 31.5 Å². The molecule has 0 atom stereocenters. The van der Waals surface area contributed by atoms with E-state index in [1.54, 1.807) is 6.92 Å². The maximum absolute atomic E-state index is 13.3. The number of halogens is 5. The monoisotopic (exact) mass is 425 g/mol. The zero-order valence-corrected chi connectivity index (χ0v) is 15.7. The van der Waals surface area contributed by atoms with Crippen LogP contribution in [0.1, 0.15) is 30.3 Å². The molecular formula is C20H16F5N3O2. The average Bonchev–Trinajstić information content (AvgIpc) is 2.63. The first-order chi connectivity index (χ1) is 14.1. The number of nitrogens with zero attached hydrogens (tertiary/aromatic N) is 2. The van der Waals surface area contributed by atoms with Gasteiger partial charge in [0.25, 0.3) is 5.56 Å². The molecule has 0 aliphatic carbocycles. The van der Waals surface area contributed by atoms with Gasteiger partial charge in [-0.25, -0.2) is 18.4 Å². The lowest BCUT2D eigenvalue weighted by Crippen LogP contribution is -2.37. The van der Waals surface area contributed by atoms with Gasteiger partial charge in [0.2, 0.25) is 5.91 Å². The fraction of sp³-hybridized carbons (Fsp3) is 0.250. The van der Waals surface area contributed by atoms with Gasteiger partial charge in [-0.3, -0.25) is 15.0 Å². The normalized spacial score (nSPS) is 11.7. The van der Waals surface area contributed by atoms with E-state index in [1.165, 1.54) is 6.07 Å². The van der Waals surface area contributed by atoms with Crippen LogP contribution < -0.4 is 11.0 Å². The number of carbonyl (C=O) groups is 1. The molecule has 0 saturated carbocycles. The van der Waals surface area contributed by atoms with E-state index in [1.807, 2.05) is 0 Å². The molecule has 3 aromatic rings. The van der Waals surface area contributed by atoms with Crippen molar-refractivity contribution in [2.75, 3.05) is 5.43 Å². The first kappa shape index (κ1) is 21.4. The number of nitrogens with one attached hydrogen (secondary N) is 1. The molecule has 1 aromatic heterocycles. The van der Waals surface area contributed by atoms with Gasteiger partial charge in [-0.1, -0.05) is 13.0 Å². The second-order valence-electron chi connectivity index (χ2n) is 6.61. The summed E-state index contributed by atoms with van der Waals surface area (Å²) in [6, 6.07) is 5.66. The van der Waals surface area contributed by atoms with E-state index < -0.39 is 46.8 Å². The standard InChI is InChI=1S/C20H16F5N3O2/c1-2-4-16-26-18-14(5-3-6-15(18)20(23,24)25)19(30)28(16)27-17(29)9-11-7-12(21)10-13(22)8-11/h3,5-8,10H,2,4,9H2,1H3,(H,27,29). The van der Waals surface area contributed by atoms with Crippen LogP contribution in [0.4, 0.5) is 22.0 Å². The van der Waals surface area contributed by atoms with Crippen molar-refractivity contribution in [2.45, 2.75) is 32.4 Å². The Balaban J connectivity index is 2.04. The Bertz CT molecular complexity index is 1150. The molecule has 0 aliphatic heterocycles. The van der Waals surface area contributed by atoms with Crippen LogP contribution in [0.3, 0.4) is 0 Å². The molecule has 1 amide bonds. The number of carbonyl (C=O) groups excluding carboxylic acids is 1. The Morgan fingerprint density at radius 1 is 1.13 bits per heavy atom. The molecule has 0 fully saturated rings. The molecule has 0 spiro atoms. The number of alkyl halides is 3. The molecular weight excluding hydrogens is 409 g/mol. The Morgan fingerprint density at radius 3 is 2.40 bits per heavy atom. The molecule has 1 N–H and O–H groups in total. The summed E-state index contributed by atoms with van der Waals surface area (Å²) in [5.74, 6) is -2.58. The maximum atomic E-state index is 13.3. The van der Waals surface area contributed by atoms with Crippen LogP contribution >= 0.6 is 0 Å². The zero-order valence-electron chi connectivity index (χ0n) is 15.7. The Labute approximate surface area is 167 Å². The fourth-order valence-electron chi connectivity index (χ4n) is 3.05. The van der Waals surface area contributed by atoms with Crippen molar-refractivity contribution in [1.82, 2.24) is 9.66 Å². The van der Waals surface area contributed by atoms with Gasteiger partial charge in [-0.15, -0.1) is 0 Å². The van der Waals surface area contributed by atoms with Crippen molar-refractivity contribution >= 4 is 16.8 Å². The molecule has 10 heteroatoms. The molecule has 3 rings (SSSR count). The molecule has 0 saturated heterocycles. The van der Waals surface area contributed by atoms with Gasteiger partial charge in [0.15, 0.2) is 0 Å². The van der Waals surface area contributed by atoms with Gasteiger partial charge >= 0.3 is 6.18 Å². The number of fused-ring (bicyclic) bond motifs is 1. The van der Waals surface area contributed by atoms with Gasteiger partial charge in [0, 0.05) is 12.5 Å². The molecule has 30 heavy (non-hydrogen) atoms. The van der Waals surface area contributed by atoms with Crippen LogP contribution in [-0.2, 0) is 23.8 Å². The van der Waals surface area contributed by atoms with Gasteiger partial charge in [-0.2, -0.15) is 13.2 Å². The zero-order chi connectivity index (χ0) is 22.1. The van der Waals surface area contributed by atoms with Gasteiger partial charge < -0.3 is 0 Å². The second-order valence-corrected chi connectivity index (χ2v) is 6.61. The number of para-hydroxylation sites is 1. The van der Waals surface area contributed by atoms with Crippen molar-refractivity contribution in [2.24, 2.45) is 0 Å². The molecule has 0 radical (unpaired) electrons. The number of aryl methyl sites for hydroxylation is 1. The van der Waals surface area contributed by atoms with Gasteiger partial charge in [-0.05, 0) is 36.2 Å². The van der Waals surface area contributed by atoms with Crippen LogP contribution in [0.25, 0.3) is 10.9 Å². The van der Waals surface area contributed by atoms with Crippen molar-refractivity contribution in [1.29, 1.82) is 0 Å². The molecule has 2 aromatic carbocycles. The second kappa shape index (κ2) is 8.21. The predicted molar refractivity (Wildman–Crippen MR) is 99.4 cm³/mol. The van der Waals surface area contributed by atoms with Crippen molar-refractivity contribution < 1.29 is 26.7 Å². The van der Waals surface area contributed by atoms with Crippen molar-refractivity contribution in [3.8, 4) is 0 Å². The van der Waals surface area contributed by atoms with E-state index in [-0.39, 0.29) is 23.2 Å². The smallest absolute Gasteiger partial charge is 0.273 e. The van der Waals surface area contributed by atoms with E-state index in [2.05, 4.69) is 10.4 Å². The third kappa shape index (κ3) is 4.47. The van der Waals surface area contributed by atoms with E-state index >= 15 is 0 Å². The van der Waals surface area contributed by atoms with E-state index in [0.717, 1.165) is 28.9 Å². The summed E-state index contributed by atoms with van der Waals surface area (Å²) in [6.45, 7) is 1.73. The average molecular weight is 425 g/mol. The van der Waals surface area contributed by atoms with Crippen molar-refractivity contribution in [3.05, 3.63) is 75.3 Å². The minimum Gasteiger partial charge on any atom is -0.273 e.